The normalized spacial score (nSPS) is 25.0. The van der Waals surface area contributed by atoms with Crippen LogP contribution in [0.4, 0.5) is 4.79 Å². The van der Waals surface area contributed by atoms with E-state index in [0.717, 1.165) is 25.3 Å². The quantitative estimate of drug-likeness (QED) is 0.844. The van der Waals surface area contributed by atoms with Crippen molar-refractivity contribution in [1.82, 2.24) is 10.2 Å². The van der Waals surface area contributed by atoms with Crippen LogP contribution in [0.3, 0.4) is 0 Å². The number of carbonyl (C=O) groups is 1. The Morgan fingerprint density at radius 1 is 1.22 bits per heavy atom. The molecule has 4 nitrogen and oxygen atoms in total. The fourth-order valence-corrected chi connectivity index (χ4v) is 2.48. The number of rotatable bonds is 3. The highest BCUT2D eigenvalue weighted by atomic mass is 16.6. The third-order valence-electron chi connectivity index (χ3n) is 3.19. The maximum Gasteiger partial charge on any atom is 0.407 e. The standard InChI is InChI=1S/C14H28N2O2/c1-14(2,3)18-13(17)15-12-8-6-11(7-9-12)10-16(4)5/h11-12H,6-10H2,1-5H3,(H,15,17)/t11-,12-. The molecule has 0 bridgehead atoms. The molecule has 0 aromatic heterocycles. The van der Waals surface area contributed by atoms with E-state index < -0.39 is 5.60 Å². The first-order chi connectivity index (χ1) is 8.26. The number of hydrogen-bond donors (Lipinski definition) is 1. The SMILES string of the molecule is CN(C)C[C@H]1CC[C@H](NC(=O)OC(C)(C)C)CC1. The Hall–Kier alpha value is -0.770. The van der Waals surface area contributed by atoms with Gasteiger partial charge in [0.05, 0.1) is 0 Å². The molecule has 18 heavy (non-hydrogen) atoms. The largest absolute Gasteiger partial charge is 0.444 e. The summed E-state index contributed by atoms with van der Waals surface area (Å²) >= 11 is 0. The zero-order valence-electron chi connectivity index (χ0n) is 12.5. The maximum absolute atomic E-state index is 11.6. The van der Waals surface area contributed by atoms with Crippen molar-refractivity contribution in [1.29, 1.82) is 0 Å². The second kappa shape index (κ2) is 6.41. The van der Waals surface area contributed by atoms with Crippen molar-refractivity contribution in [3.63, 3.8) is 0 Å². The van der Waals surface area contributed by atoms with Crippen LogP contribution in [-0.4, -0.2) is 43.3 Å². The van der Waals surface area contributed by atoms with E-state index in [4.69, 9.17) is 4.74 Å². The van der Waals surface area contributed by atoms with Gasteiger partial charge in [0, 0.05) is 12.6 Å². The third-order valence-corrected chi connectivity index (χ3v) is 3.19. The van der Waals surface area contributed by atoms with Crippen LogP contribution in [0.2, 0.25) is 0 Å². The van der Waals surface area contributed by atoms with Crippen LogP contribution in [0.1, 0.15) is 46.5 Å². The number of carbonyl (C=O) groups excluding carboxylic acids is 1. The van der Waals surface area contributed by atoms with Crippen LogP contribution in [0.15, 0.2) is 0 Å². The van der Waals surface area contributed by atoms with Gasteiger partial charge in [0.25, 0.3) is 0 Å². The minimum Gasteiger partial charge on any atom is -0.444 e. The average Bonchev–Trinajstić information content (AvgIpc) is 2.17. The summed E-state index contributed by atoms with van der Waals surface area (Å²) in [5, 5.41) is 2.97. The lowest BCUT2D eigenvalue weighted by Crippen LogP contribution is -2.41. The van der Waals surface area contributed by atoms with Crippen molar-refractivity contribution >= 4 is 6.09 Å². The van der Waals surface area contributed by atoms with E-state index in [1.807, 2.05) is 20.8 Å². The summed E-state index contributed by atoms with van der Waals surface area (Å²) in [5.41, 5.74) is -0.411. The first-order valence-electron chi connectivity index (χ1n) is 6.90. The van der Waals surface area contributed by atoms with Gasteiger partial charge in [-0.05, 0) is 66.5 Å². The molecule has 1 amide bonds. The van der Waals surface area contributed by atoms with Gasteiger partial charge in [-0.1, -0.05) is 0 Å². The van der Waals surface area contributed by atoms with E-state index in [9.17, 15) is 4.79 Å². The molecule has 1 fully saturated rings. The summed E-state index contributed by atoms with van der Waals surface area (Å²) in [6.45, 7) is 6.82. The van der Waals surface area contributed by atoms with Crippen LogP contribution in [-0.2, 0) is 4.74 Å². The van der Waals surface area contributed by atoms with Gasteiger partial charge in [-0.25, -0.2) is 4.79 Å². The Balaban J connectivity index is 2.25. The molecule has 1 rings (SSSR count). The number of nitrogens with one attached hydrogen (secondary N) is 1. The highest BCUT2D eigenvalue weighted by Crippen LogP contribution is 2.24. The fraction of sp³-hybridized carbons (Fsp3) is 0.929. The lowest BCUT2D eigenvalue weighted by atomic mass is 9.86. The molecule has 0 aliphatic heterocycles. The molecule has 0 unspecified atom stereocenters. The van der Waals surface area contributed by atoms with Gasteiger partial charge >= 0.3 is 6.09 Å². The smallest absolute Gasteiger partial charge is 0.407 e. The molecule has 0 atom stereocenters. The molecule has 0 aromatic rings. The van der Waals surface area contributed by atoms with Gasteiger partial charge in [0.1, 0.15) is 5.60 Å². The summed E-state index contributed by atoms with van der Waals surface area (Å²) in [4.78, 5) is 13.9. The van der Waals surface area contributed by atoms with E-state index in [0.29, 0.717) is 6.04 Å². The molecule has 0 aromatic carbocycles. The number of ether oxygens (including phenoxy) is 1. The second-order valence-electron chi connectivity index (χ2n) is 6.63. The highest BCUT2D eigenvalue weighted by Gasteiger charge is 2.24. The van der Waals surface area contributed by atoms with Crippen LogP contribution in [0.5, 0.6) is 0 Å². The van der Waals surface area contributed by atoms with Crippen LogP contribution < -0.4 is 5.32 Å². The molecule has 1 aliphatic rings. The van der Waals surface area contributed by atoms with Crippen LogP contribution >= 0.6 is 0 Å². The van der Waals surface area contributed by atoms with Crippen LogP contribution in [0.25, 0.3) is 0 Å². The average molecular weight is 256 g/mol. The zero-order chi connectivity index (χ0) is 13.8. The molecule has 0 heterocycles. The number of alkyl carbamates (subject to hydrolysis) is 1. The van der Waals surface area contributed by atoms with Gasteiger partial charge in [0.2, 0.25) is 0 Å². The van der Waals surface area contributed by atoms with E-state index >= 15 is 0 Å². The van der Waals surface area contributed by atoms with Gasteiger partial charge in [0.15, 0.2) is 0 Å². The summed E-state index contributed by atoms with van der Waals surface area (Å²) in [6.07, 6.45) is 4.24. The minimum atomic E-state index is -0.411. The molecule has 4 heteroatoms. The van der Waals surface area contributed by atoms with Crippen molar-refractivity contribution < 1.29 is 9.53 Å². The van der Waals surface area contributed by atoms with Gasteiger partial charge in [-0.3, -0.25) is 0 Å². The Kier molecular flexibility index (Phi) is 5.45. The van der Waals surface area contributed by atoms with Gasteiger partial charge in [-0.15, -0.1) is 0 Å². The van der Waals surface area contributed by atoms with E-state index in [1.54, 1.807) is 0 Å². The molecule has 1 N–H and O–H groups in total. The number of nitrogens with zero attached hydrogens (tertiary/aromatic N) is 1. The predicted molar refractivity (Wildman–Crippen MR) is 73.7 cm³/mol. The molecule has 0 saturated heterocycles. The van der Waals surface area contributed by atoms with Gasteiger partial charge < -0.3 is 15.0 Å². The third kappa shape index (κ3) is 6.24. The lowest BCUT2D eigenvalue weighted by molar-refractivity contribution is 0.0485. The molecule has 1 saturated carbocycles. The monoisotopic (exact) mass is 256 g/mol. The first-order valence-corrected chi connectivity index (χ1v) is 6.90. The van der Waals surface area contributed by atoms with Gasteiger partial charge in [-0.2, -0.15) is 0 Å². The lowest BCUT2D eigenvalue weighted by Gasteiger charge is -2.31. The highest BCUT2D eigenvalue weighted by molar-refractivity contribution is 5.68. The Morgan fingerprint density at radius 3 is 2.22 bits per heavy atom. The van der Waals surface area contributed by atoms with Crippen molar-refractivity contribution in [3.05, 3.63) is 0 Å². The maximum atomic E-state index is 11.6. The van der Waals surface area contributed by atoms with E-state index in [1.165, 1.54) is 12.8 Å². The molecule has 0 spiro atoms. The molecule has 0 radical (unpaired) electrons. The molecular weight excluding hydrogens is 228 g/mol. The molecule has 106 valence electrons. The van der Waals surface area contributed by atoms with Crippen LogP contribution in [0, 0.1) is 5.92 Å². The van der Waals surface area contributed by atoms with Crippen molar-refractivity contribution in [3.8, 4) is 0 Å². The Bertz CT molecular complexity index is 263. The van der Waals surface area contributed by atoms with Crippen molar-refractivity contribution in [2.24, 2.45) is 5.92 Å². The van der Waals surface area contributed by atoms with Crippen molar-refractivity contribution in [2.75, 3.05) is 20.6 Å². The molecular formula is C14H28N2O2. The summed E-state index contributed by atoms with van der Waals surface area (Å²) < 4.78 is 5.27. The molecule has 1 aliphatic carbocycles. The van der Waals surface area contributed by atoms with E-state index in [-0.39, 0.29) is 6.09 Å². The Labute approximate surface area is 111 Å². The number of amides is 1. The second-order valence-corrected chi connectivity index (χ2v) is 6.63. The van der Waals surface area contributed by atoms with E-state index in [2.05, 4.69) is 24.3 Å². The zero-order valence-corrected chi connectivity index (χ0v) is 12.5. The fourth-order valence-electron chi connectivity index (χ4n) is 2.48. The number of hydrogen-bond acceptors (Lipinski definition) is 3. The summed E-state index contributed by atoms with van der Waals surface area (Å²) in [6, 6.07) is 0.290. The summed E-state index contributed by atoms with van der Waals surface area (Å²) in [5.74, 6) is 0.775. The minimum absolute atomic E-state index is 0.279. The topological polar surface area (TPSA) is 41.6 Å². The summed E-state index contributed by atoms with van der Waals surface area (Å²) in [7, 11) is 4.23. The van der Waals surface area contributed by atoms with Crippen molar-refractivity contribution in [2.45, 2.75) is 58.1 Å². The predicted octanol–water partition coefficient (Wildman–Crippen LogP) is 2.63. The first kappa shape index (κ1) is 15.3. The Morgan fingerprint density at radius 2 is 1.78 bits per heavy atom.